The Morgan fingerprint density at radius 2 is 2.11 bits per heavy atom. The van der Waals surface area contributed by atoms with Crippen molar-refractivity contribution in [1.29, 1.82) is 0 Å². The first-order valence-electron chi connectivity index (χ1n) is 7.76. The molecule has 138 valence electrons. The summed E-state index contributed by atoms with van der Waals surface area (Å²) in [5.74, 6) is -0.128. The number of carbonyl (C=O) groups excluding carboxylic acids is 1. The zero-order valence-electron chi connectivity index (χ0n) is 14.4. The third kappa shape index (κ3) is 4.45. The molecule has 2 aromatic heterocycles. The molecule has 3 aromatic rings. The predicted octanol–water partition coefficient (Wildman–Crippen LogP) is 3.38. The molecule has 0 unspecified atom stereocenters. The van der Waals surface area contributed by atoms with E-state index in [2.05, 4.69) is 15.2 Å². The van der Waals surface area contributed by atoms with Gasteiger partial charge < -0.3 is 14.3 Å². The second-order valence-electron chi connectivity index (χ2n) is 5.39. The van der Waals surface area contributed by atoms with Crippen LogP contribution in [0.5, 0.6) is 0 Å². The first-order valence-corrected chi connectivity index (χ1v) is 8.58. The van der Waals surface area contributed by atoms with Crippen LogP contribution in [0.1, 0.15) is 21.9 Å². The first-order chi connectivity index (χ1) is 13.0. The fourth-order valence-corrected chi connectivity index (χ4v) is 2.97. The number of benzene rings is 1. The van der Waals surface area contributed by atoms with Crippen molar-refractivity contribution in [3.8, 4) is 11.3 Å². The molecule has 9 heteroatoms. The summed E-state index contributed by atoms with van der Waals surface area (Å²) in [4.78, 5) is 27.2. The number of aromatic amines is 1. The Bertz CT molecular complexity index is 1020. The maximum atomic E-state index is 11.7. The molecular weight excluding hydrogens is 370 g/mol. The maximum Gasteiger partial charge on any atom is 0.342 e. The number of carbonyl (C=O) groups is 2. The summed E-state index contributed by atoms with van der Waals surface area (Å²) < 4.78 is 10.4. The van der Waals surface area contributed by atoms with Gasteiger partial charge in [-0.25, -0.2) is 14.6 Å². The highest BCUT2D eigenvalue weighted by Gasteiger charge is 2.15. The first kappa shape index (κ1) is 18.5. The summed E-state index contributed by atoms with van der Waals surface area (Å²) in [5.41, 5.74) is 1.07. The minimum Gasteiger partial charge on any atom is -0.477 e. The van der Waals surface area contributed by atoms with Gasteiger partial charge in [0.2, 0.25) is 5.16 Å². The highest BCUT2D eigenvalue weighted by atomic mass is 32.2. The normalized spacial score (nSPS) is 11.4. The van der Waals surface area contributed by atoms with Crippen molar-refractivity contribution in [3.05, 3.63) is 58.5 Å². The predicted molar refractivity (Wildman–Crippen MR) is 98.1 cm³/mol. The molecule has 0 saturated carbocycles. The minimum atomic E-state index is -1.12. The Labute approximate surface area is 158 Å². The van der Waals surface area contributed by atoms with Crippen molar-refractivity contribution in [1.82, 2.24) is 15.2 Å². The summed E-state index contributed by atoms with van der Waals surface area (Å²) in [6, 6.07) is 10.1. The number of hydrogen-bond donors (Lipinski definition) is 2. The molecule has 27 heavy (non-hydrogen) atoms. The lowest BCUT2D eigenvalue weighted by Crippen LogP contribution is -2.00. The van der Waals surface area contributed by atoms with Crippen LogP contribution in [0.25, 0.3) is 17.4 Å². The number of carboxylic acids is 1. The quantitative estimate of drug-likeness (QED) is 0.377. The molecule has 2 N–H and O–H groups in total. The van der Waals surface area contributed by atoms with E-state index in [-0.39, 0.29) is 4.91 Å². The van der Waals surface area contributed by atoms with Gasteiger partial charge in [0.15, 0.2) is 0 Å². The highest BCUT2D eigenvalue weighted by molar-refractivity contribution is 8.04. The summed E-state index contributed by atoms with van der Waals surface area (Å²) in [5, 5.41) is 16.3. The van der Waals surface area contributed by atoms with E-state index in [4.69, 9.17) is 9.15 Å². The fraction of sp³-hybridized carbons (Fsp3) is 0.111. The number of aliphatic carboxylic acids is 1. The number of thioether (sulfide) groups is 1. The molecule has 0 radical (unpaired) electrons. The number of esters is 1. The number of furan rings is 1. The SMILES string of the molecule is COC(=O)c1cccc(-c2ccc(/C=C(/Sc3n[nH]c(C)n3)C(=O)O)o2)c1. The third-order valence-corrected chi connectivity index (χ3v) is 4.33. The fourth-order valence-electron chi connectivity index (χ4n) is 2.23. The Balaban J connectivity index is 1.86. The molecule has 0 fully saturated rings. The number of ether oxygens (including phenoxy) is 1. The van der Waals surface area contributed by atoms with Crippen LogP contribution in [0.3, 0.4) is 0 Å². The number of aryl methyl sites for hydroxylation is 1. The molecule has 8 nitrogen and oxygen atoms in total. The van der Waals surface area contributed by atoms with Gasteiger partial charge in [0, 0.05) is 11.6 Å². The topological polar surface area (TPSA) is 118 Å². The number of nitrogens with one attached hydrogen (secondary N) is 1. The molecule has 0 spiro atoms. The van der Waals surface area contributed by atoms with Gasteiger partial charge in [-0.05, 0) is 43.0 Å². The lowest BCUT2D eigenvalue weighted by atomic mass is 10.1. The summed E-state index contributed by atoms with van der Waals surface area (Å²) >= 11 is 0.914. The van der Waals surface area contributed by atoms with Crippen molar-refractivity contribution in [3.63, 3.8) is 0 Å². The second kappa shape index (κ2) is 7.92. The molecule has 0 aliphatic carbocycles. The Morgan fingerprint density at radius 3 is 2.78 bits per heavy atom. The lowest BCUT2D eigenvalue weighted by Gasteiger charge is -2.01. The van der Waals surface area contributed by atoms with Crippen LogP contribution < -0.4 is 0 Å². The van der Waals surface area contributed by atoms with Gasteiger partial charge in [0.25, 0.3) is 0 Å². The van der Waals surface area contributed by atoms with E-state index in [0.29, 0.717) is 33.6 Å². The third-order valence-electron chi connectivity index (χ3n) is 3.46. The largest absolute Gasteiger partial charge is 0.477 e. The number of carboxylic acid groups (broad SMARTS) is 1. The molecule has 1 aromatic carbocycles. The van der Waals surface area contributed by atoms with Crippen LogP contribution in [-0.4, -0.2) is 39.3 Å². The molecule has 0 aliphatic heterocycles. The number of nitrogens with zero attached hydrogens (tertiary/aromatic N) is 2. The van der Waals surface area contributed by atoms with Crippen LogP contribution >= 0.6 is 11.8 Å². The Hall–Kier alpha value is -3.33. The van der Waals surface area contributed by atoms with Gasteiger partial charge in [-0.1, -0.05) is 12.1 Å². The van der Waals surface area contributed by atoms with Crippen LogP contribution in [0.15, 0.2) is 50.9 Å². The molecule has 3 rings (SSSR count). The Kier molecular flexibility index (Phi) is 5.41. The average Bonchev–Trinajstić information content (AvgIpc) is 3.29. The van der Waals surface area contributed by atoms with Gasteiger partial charge in [-0.15, -0.1) is 5.10 Å². The zero-order valence-corrected chi connectivity index (χ0v) is 15.2. The molecular formula is C18H15N3O5S. The summed E-state index contributed by atoms with van der Waals surface area (Å²) in [7, 11) is 1.31. The van der Waals surface area contributed by atoms with Crippen molar-refractivity contribution < 1.29 is 23.8 Å². The Morgan fingerprint density at radius 1 is 1.30 bits per heavy atom. The van der Waals surface area contributed by atoms with Crippen molar-refractivity contribution in [2.24, 2.45) is 0 Å². The van der Waals surface area contributed by atoms with E-state index < -0.39 is 11.9 Å². The van der Waals surface area contributed by atoms with Crippen LogP contribution in [-0.2, 0) is 9.53 Å². The molecule has 0 atom stereocenters. The molecule has 2 heterocycles. The lowest BCUT2D eigenvalue weighted by molar-refractivity contribution is -0.131. The molecule has 0 aliphatic rings. The van der Waals surface area contributed by atoms with E-state index in [1.54, 1.807) is 43.3 Å². The van der Waals surface area contributed by atoms with Crippen molar-refractivity contribution >= 4 is 29.8 Å². The van der Waals surface area contributed by atoms with Gasteiger partial charge >= 0.3 is 11.9 Å². The van der Waals surface area contributed by atoms with Crippen LogP contribution in [0.2, 0.25) is 0 Å². The van der Waals surface area contributed by atoms with E-state index in [0.717, 1.165) is 11.8 Å². The van der Waals surface area contributed by atoms with Gasteiger partial charge in [-0.2, -0.15) is 0 Å². The summed E-state index contributed by atoms with van der Waals surface area (Å²) in [6.45, 7) is 1.72. The van der Waals surface area contributed by atoms with Gasteiger partial charge in [-0.3, -0.25) is 5.10 Å². The minimum absolute atomic E-state index is 0.0122. The maximum absolute atomic E-state index is 11.7. The number of aromatic nitrogens is 3. The number of hydrogen-bond acceptors (Lipinski definition) is 7. The van der Waals surface area contributed by atoms with E-state index in [9.17, 15) is 14.7 Å². The van der Waals surface area contributed by atoms with E-state index in [1.807, 2.05) is 0 Å². The average molecular weight is 385 g/mol. The smallest absolute Gasteiger partial charge is 0.342 e. The number of rotatable bonds is 6. The van der Waals surface area contributed by atoms with Gasteiger partial charge in [0.1, 0.15) is 22.3 Å². The highest BCUT2D eigenvalue weighted by Crippen LogP contribution is 2.29. The number of H-pyrrole nitrogens is 1. The van der Waals surface area contributed by atoms with Crippen molar-refractivity contribution in [2.75, 3.05) is 7.11 Å². The van der Waals surface area contributed by atoms with Crippen LogP contribution in [0, 0.1) is 6.92 Å². The van der Waals surface area contributed by atoms with Crippen LogP contribution in [0.4, 0.5) is 0 Å². The van der Waals surface area contributed by atoms with Gasteiger partial charge in [0.05, 0.1) is 12.7 Å². The zero-order chi connectivity index (χ0) is 19.4. The molecule has 0 amide bonds. The monoisotopic (exact) mass is 385 g/mol. The molecule has 0 bridgehead atoms. The van der Waals surface area contributed by atoms with Crippen molar-refractivity contribution in [2.45, 2.75) is 12.1 Å². The second-order valence-corrected chi connectivity index (χ2v) is 6.40. The molecule has 0 saturated heterocycles. The number of methoxy groups -OCH3 is 1. The van der Waals surface area contributed by atoms with E-state index in [1.165, 1.54) is 13.2 Å². The van der Waals surface area contributed by atoms with E-state index >= 15 is 0 Å². The summed E-state index contributed by atoms with van der Waals surface area (Å²) in [6.07, 6.45) is 1.40. The standard InChI is InChI=1S/C18H15N3O5S/c1-10-19-18(21-20-10)27-15(16(22)23)9-13-6-7-14(26-13)11-4-3-5-12(8-11)17(24)25-2/h3-9H,1-2H3,(H,22,23)(H,19,20,21)/b15-9+.